The first-order valence-electron chi connectivity index (χ1n) is 7.66. The highest BCUT2D eigenvalue weighted by Gasteiger charge is 2.23. The number of ether oxygens (including phenoxy) is 2. The monoisotopic (exact) mass is 368 g/mol. The number of halogens is 1. The summed E-state index contributed by atoms with van der Waals surface area (Å²) in [7, 11) is 1.11. The van der Waals surface area contributed by atoms with Crippen molar-refractivity contribution in [3.05, 3.63) is 39.2 Å². The predicted molar refractivity (Wildman–Crippen MR) is 87.4 cm³/mol. The summed E-state index contributed by atoms with van der Waals surface area (Å²) in [6.45, 7) is -0.102. The van der Waals surface area contributed by atoms with Gasteiger partial charge >= 0.3 is 17.7 Å². The molecule has 0 bridgehead atoms. The van der Waals surface area contributed by atoms with Crippen molar-refractivity contribution in [2.75, 3.05) is 26.8 Å². The summed E-state index contributed by atoms with van der Waals surface area (Å²) in [6, 6.07) is 2.15. The Bertz CT molecular complexity index is 763. The van der Waals surface area contributed by atoms with Crippen LogP contribution in [0.1, 0.15) is 18.4 Å². The second-order valence-corrected chi connectivity index (χ2v) is 5.58. The molecule has 9 nitrogen and oxygen atoms in total. The normalized spacial score (nSPS) is 15.6. The molecule has 0 spiro atoms. The first kappa shape index (κ1) is 19.2. The summed E-state index contributed by atoms with van der Waals surface area (Å²) in [4.78, 5) is 33.7. The van der Waals surface area contributed by atoms with Gasteiger partial charge in [0.25, 0.3) is 0 Å². The number of nitro benzene ring substituents is 1. The van der Waals surface area contributed by atoms with Crippen molar-refractivity contribution >= 4 is 23.8 Å². The molecule has 1 N–H and O–H groups in total. The Balaban J connectivity index is 2.30. The highest BCUT2D eigenvalue weighted by atomic mass is 19.1. The Hall–Kier alpha value is -3.17. The minimum absolute atomic E-state index is 0.158. The Labute approximate surface area is 147 Å². The Kier molecular flexibility index (Phi) is 6.10. The quantitative estimate of drug-likeness (QED) is 0.481. The summed E-state index contributed by atoms with van der Waals surface area (Å²) in [5, 5.41) is 20.2. The SMILES string of the molecule is COC(=O)COc1c(F)cc(C=C2CCCN(C(=O)O)C2)cc1[N+](=O)[O-]. The van der Waals surface area contributed by atoms with Gasteiger partial charge in [0.15, 0.2) is 12.4 Å². The third-order valence-corrected chi connectivity index (χ3v) is 3.77. The first-order valence-corrected chi connectivity index (χ1v) is 7.66. The summed E-state index contributed by atoms with van der Waals surface area (Å²) in [5.41, 5.74) is 0.295. The molecule has 1 saturated heterocycles. The fourth-order valence-corrected chi connectivity index (χ4v) is 2.57. The molecule has 2 rings (SSSR count). The second-order valence-electron chi connectivity index (χ2n) is 5.58. The number of nitro groups is 1. The molecule has 1 heterocycles. The van der Waals surface area contributed by atoms with Gasteiger partial charge < -0.3 is 19.5 Å². The smallest absolute Gasteiger partial charge is 0.407 e. The van der Waals surface area contributed by atoms with E-state index in [0.717, 1.165) is 24.8 Å². The van der Waals surface area contributed by atoms with Crippen molar-refractivity contribution in [2.45, 2.75) is 12.8 Å². The van der Waals surface area contributed by atoms with Crippen LogP contribution < -0.4 is 4.74 Å². The zero-order chi connectivity index (χ0) is 19.3. The number of benzene rings is 1. The molecule has 1 aliphatic rings. The lowest BCUT2D eigenvalue weighted by Crippen LogP contribution is -2.35. The van der Waals surface area contributed by atoms with Crippen LogP contribution in [-0.4, -0.2) is 53.8 Å². The highest BCUT2D eigenvalue weighted by Crippen LogP contribution is 2.33. The van der Waals surface area contributed by atoms with Crippen LogP contribution in [0.2, 0.25) is 0 Å². The van der Waals surface area contributed by atoms with Crippen molar-refractivity contribution < 1.29 is 33.5 Å². The number of methoxy groups -OCH3 is 1. The number of piperidine rings is 1. The van der Waals surface area contributed by atoms with Gasteiger partial charge in [-0.25, -0.2) is 14.0 Å². The molecule has 0 unspecified atom stereocenters. The minimum atomic E-state index is -1.06. The number of carbonyl (C=O) groups excluding carboxylic acids is 1. The predicted octanol–water partition coefficient (Wildman–Crippen LogP) is 2.44. The van der Waals surface area contributed by atoms with Gasteiger partial charge in [0, 0.05) is 19.2 Å². The number of amides is 1. The maximum absolute atomic E-state index is 14.3. The van der Waals surface area contributed by atoms with Crippen molar-refractivity contribution in [2.24, 2.45) is 0 Å². The zero-order valence-corrected chi connectivity index (χ0v) is 13.9. The molecule has 10 heteroatoms. The Morgan fingerprint density at radius 1 is 1.46 bits per heavy atom. The lowest BCUT2D eigenvalue weighted by molar-refractivity contribution is -0.386. The summed E-state index contributed by atoms with van der Waals surface area (Å²) >= 11 is 0. The molecule has 0 aromatic heterocycles. The minimum Gasteiger partial charge on any atom is -0.473 e. The maximum Gasteiger partial charge on any atom is 0.407 e. The number of hydrogen-bond donors (Lipinski definition) is 1. The zero-order valence-electron chi connectivity index (χ0n) is 13.9. The lowest BCUT2D eigenvalue weighted by atomic mass is 10.0. The molecule has 0 aliphatic carbocycles. The van der Waals surface area contributed by atoms with Crippen LogP contribution in [0.15, 0.2) is 17.7 Å². The number of carboxylic acid groups (broad SMARTS) is 1. The number of likely N-dealkylation sites (tertiary alicyclic amines) is 1. The molecule has 1 aromatic rings. The van der Waals surface area contributed by atoms with Crippen LogP contribution in [-0.2, 0) is 9.53 Å². The van der Waals surface area contributed by atoms with E-state index in [1.54, 1.807) is 0 Å². The fourth-order valence-electron chi connectivity index (χ4n) is 2.57. The highest BCUT2D eigenvalue weighted by molar-refractivity contribution is 5.71. The van der Waals surface area contributed by atoms with E-state index in [1.165, 1.54) is 11.0 Å². The Morgan fingerprint density at radius 3 is 2.81 bits per heavy atom. The van der Waals surface area contributed by atoms with Gasteiger partial charge in [0.2, 0.25) is 5.75 Å². The number of nitrogens with zero attached hydrogens (tertiary/aromatic N) is 2. The van der Waals surface area contributed by atoms with Crippen molar-refractivity contribution in [3.63, 3.8) is 0 Å². The van der Waals surface area contributed by atoms with E-state index in [0.29, 0.717) is 19.4 Å². The number of esters is 1. The maximum atomic E-state index is 14.3. The third kappa shape index (κ3) is 4.68. The van der Waals surface area contributed by atoms with E-state index in [-0.39, 0.29) is 12.1 Å². The van der Waals surface area contributed by atoms with E-state index < -0.39 is 40.8 Å². The Morgan fingerprint density at radius 2 is 2.19 bits per heavy atom. The molecule has 140 valence electrons. The molecule has 1 aromatic carbocycles. The number of carbonyl (C=O) groups is 2. The standard InChI is InChI=1S/C16H17FN2O7/c1-25-14(20)9-26-15-12(17)6-11(7-13(15)19(23)24)5-10-3-2-4-18(8-10)16(21)22/h5-7H,2-4,8-9H2,1H3,(H,21,22). The van der Waals surface area contributed by atoms with Crippen molar-refractivity contribution in [1.82, 2.24) is 4.90 Å². The first-order chi connectivity index (χ1) is 12.3. The fraction of sp³-hybridized carbons (Fsp3) is 0.375. The molecule has 0 radical (unpaired) electrons. The van der Waals surface area contributed by atoms with Crippen molar-refractivity contribution in [1.29, 1.82) is 0 Å². The van der Waals surface area contributed by atoms with Crippen LogP contribution >= 0.6 is 0 Å². The van der Waals surface area contributed by atoms with Crippen LogP contribution in [0.3, 0.4) is 0 Å². The van der Waals surface area contributed by atoms with E-state index in [4.69, 9.17) is 9.84 Å². The average Bonchev–Trinajstić information content (AvgIpc) is 2.60. The molecule has 1 fully saturated rings. The van der Waals surface area contributed by atoms with Crippen LogP contribution in [0.4, 0.5) is 14.9 Å². The number of hydrogen-bond acceptors (Lipinski definition) is 6. The third-order valence-electron chi connectivity index (χ3n) is 3.77. The molecule has 1 aliphatic heterocycles. The van der Waals surface area contributed by atoms with Crippen LogP contribution in [0, 0.1) is 15.9 Å². The van der Waals surface area contributed by atoms with Gasteiger partial charge in [-0.3, -0.25) is 10.1 Å². The topological polar surface area (TPSA) is 119 Å². The van der Waals surface area contributed by atoms with Gasteiger partial charge in [0.1, 0.15) is 0 Å². The average molecular weight is 368 g/mol. The van der Waals surface area contributed by atoms with Gasteiger partial charge in [-0.05, 0) is 24.5 Å². The van der Waals surface area contributed by atoms with Gasteiger partial charge in [-0.1, -0.05) is 11.6 Å². The summed E-state index contributed by atoms with van der Waals surface area (Å²) in [6.07, 6.45) is 1.69. The van der Waals surface area contributed by atoms with E-state index in [9.17, 15) is 24.1 Å². The summed E-state index contributed by atoms with van der Waals surface area (Å²) in [5.74, 6) is -2.46. The lowest BCUT2D eigenvalue weighted by Gasteiger charge is -2.26. The van der Waals surface area contributed by atoms with E-state index >= 15 is 0 Å². The number of rotatable bonds is 5. The second kappa shape index (κ2) is 8.28. The van der Waals surface area contributed by atoms with E-state index in [2.05, 4.69) is 4.74 Å². The van der Waals surface area contributed by atoms with Gasteiger partial charge in [-0.2, -0.15) is 0 Å². The molecule has 0 atom stereocenters. The molecular formula is C16H17FN2O7. The summed E-state index contributed by atoms with van der Waals surface area (Å²) < 4.78 is 23.5. The molecule has 26 heavy (non-hydrogen) atoms. The largest absolute Gasteiger partial charge is 0.473 e. The molecule has 1 amide bonds. The van der Waals surface area contributed by atoms with Gasteiger partial charge in [-0.15, -0.1) is 0 Å². The van der Waals surface area contributed by atoms with Crippen molar-refractivity contribution in [3.8, 4) is 5.75 Å². The van der Waals surface area contributed by atoms with Crippen LogP contribution in [0.5, 0.6) is 5.75 Å². The van der Waals surface area contributed by atoms with E-state index in [1.807, 2.05) is 0 Å². The van der Waals surface area contributed by atoms with Gasteiger partial charge in [0.05, 0.1) is 12.0 Å². The molecule has 0 saturated carbocycles. The van der Waals surface area contributed by atoms with Crippen LogP contribution in [0.25, 0.3) is 6.08 Å². The molecular weight excluding hydrogens is 351 g/mol.